The standard InChI is InChI=1S/C25H35N7.2C2HF3O2/c1-2-31-17-21(14-26-31)15-28-12-13-30(16-20-8-9-20)23(19-28)22-18-32-24(27-22)6-5-7-25(32)29-10-3-4-11-29;2*3-2(4,5)1(6)7/h5-7,14,17-18,20,23H,2-4,8-13,15-16,19H2,1H3;2*(H,6,7). The number of imidazole rings is 1. The molecule has 0 amide bonds. The van der Waals surface area contributed by atoms with Crippen LogP contribution in [-0.4, -0.2) is 103 Å². The Bertz CT molecular complexity index is 1440. The average molecular weight is 662 g/mol. The van der Waals surface area contributed by atoms with Gasteiger partial charge in [0.2, 0.25) is 0 Å². The molecule has 1 aliphatic carbocycles. The van der Waals surface area contributed by atoms with E-state index in [2.05, 4.69) is 61.7 Å². The summed E-state index contributed by atoms with van der Waals surface area (Å²) in [6.45, 7) is 10.9. The Morgan fingerprint density at radius 1 is 0.935 bits per heavy atom. The van der Waals surface area contributed by atoms with Crippen LogP contribution in [-0.2, 0) is 22.7 Å². The highest BCUT2D eigenvalue weighted by Gasteiger charge is 2.39. The second-order valence-corrected chi connectivity index (χ2v) is 11.5. The number of aryl methyl sites for hydroxylation is 1. The highest BCUT2D eigenvalue weighted by atomic mass is 19.4. The van der Waals surface area contributed by atoms with E-state index in [1.807, 2.05) is 10.9 Å². The lowest BCUT2D eigenvalue weighted by atomic mass is 10.1. The number of rotatable bonds is 7. The first-order chi connectivity index (χ1) is 21.7. The quantitative estimate of drug-likeness (QED) is 0.348. The van der Waals surface area contributed by atoms with E-state index in [4.69, 9.17) is 24.8 Å². The Hall–Kier alpha value is -3.86. The molecule has 11 nitrogen and oxygen atoms in total. The summed E-state index contributed by atoms with van der Waals surface area (Å²) < 4.78 is 67.8. The number of fused-ring (bicyclic) bond motifs is 1. The summed E-state index contributed by atoms with van der Waals surface area (Å²) in [5.41, 5.74) is 3.62. The number of carbonyl (C=O) groups is 2. The first kappa shape index (κ1) is 35.0. The molecule has 5 heterocycles. The first-order valence-electron chi connectivity index (χ1n) is 15.0. The molecule has 0 aromatic carbocycles. The predicted octanol–water partition coefficient (Wildman–Crippen LogP) is 4.69. The third-order valence-corrected chi connectivity index (χ3v) is 7.93. The second-order valence-electron chi connectivity index (χ2n) is 11.5. The van der Waals surface area contributed by atoms with E-state index in [0.29, 0.717) is 6.04 Å². The Morgan fingerprint density at radius 2 is 1.57 bits per heavy atom. The number of hydrogen-bond donors (Lipinski definition) is 2. The van der Waals surface area contributed by atoms with Crippen molar-refractivity contribution < 1.29 is 46.1 Å². The molecule has 1 saturated carbocycles. The van der Waals surface area contributed by atoms with Crippen LogP contribution in [0.2, 0.25) is 0 Å². The van der Waals surface area contributed by atoms with Crippen LogP contribution in [0.25, 0.3) is 5.65 Å². The van der Waals surface area contributed by atoms with Gasteiger partial charge < -0.3 is 15.1 Å². The fourth-order valence-corrected chi connectivity index (χ4v) is 5.45. The molecule has 3 aliphatic rings. The van der Waals surface area contributed by atoms with Crippen LogP contribution in [0.5, 0.6) is 0 Å². The van der Waals surface area contributed by atoms with Crippen LogP contribution in [0.3, 0.4) is 0 Å². The molecule has 2 N–H and O–H groups in total. The van der Waals surface area contributed by atoms with Crippen LogP contribution in [0.4, 0.5) is 32.2 Å². The molecular formula is C29H37F6N7O4. The maximum Gasteiger partial charge on any atom is 0.490 e. The van der Waals surface area contributed by atoms with Crippen molar-refractivity contribution in [3.05, 3.63) is 48.0 Å². The van der Waals surface area contributed by atoms with Crippen LogP contribution in [0.1, 0.15) is 49.9 Å². The highest BCUT2D eigenvalue weighted by Crippen LogP contribution is 2.35. The van der Waals surface area contributed by atoms with E-state index in [0.717, 1.165) is 57.4 Å². The molecule has 2 saturated heterocycles. The van der Waals surface area contributed by atoms with Crippen molar-refractivity contribution in [1.29, 1.82) is 0 Å². The van der Waals surface area contributed by atoms with E-state index in [1.165, 1.54) is 49.3 Å². The van der Waals surface area contributed by atoms with E-state index >= 15 is 0 Å². The fourth-order valence-electron chi connectivity index (χ4n) is 5.45. The lowest BCUT2D eigenvalue weighted by molar-refractivity contribution is -0.193. The van der Waals surface area contributed by atoms with Crippen molar-refractivity contribution in [2.75, 3.05) is 44.2 Å². The number of piperazine rings is 1. The molecule has 254 valence electrons. The zero-order chi connectivity index (χ0) is 33.6. The minimum Gasteiger partial charge on any atom is -0.475 e. The van der Waals surface area contributed by atoms with E-state index in [9.17, 15) is 26.3 Å². The topological polar surface area (TPSA) is 119 Å². The average Bonchev–Trinajstić information content (AvgIpc) is 3.36. The molecule has 1 atom stereocenters. The van der Waals surface area contributed by atoms with Gasteiger partial charge in [0.25, 0.3) is 0 Å². The van der Waals surface area contributed by atoms with Gasteiger partial charge in [-0.2, -0.15) is 31.4 Å². The summed E-state index contributed by atoms with van der Waals surface area (Å²) in [6, 6.07) is 6.94. The van der Waals surface area contributed by atoms with Crippen molar-refractivity contribution in [2.24, 2.45) is 5.92 Å². The monoisotopic (exact) mass is 661 g/mol. The lowest BCUT2D eigenvalue weighted by Gasteiger charge is -2.40. The number of anilines is 1. The molecule has 0 spiro atoms. The number of nitrogens with zero attached hydrogens (tertiary/aromatic N) is 7. The van der Waals surface area contributed by atoms with Crippen molar-refractivity contribution in [3.8, 4) is 0 Å². The minimum absolute atomic E-state index is 0.358. The van der Waals surface area contributed by atoms with Gasteiger partial charge in [0.15, 0.2) is 0 Å². The summed E-state index contributed by atoms with van der Waals surface area (Å²) >= 11 is 0. The SMILES string of the molecule is CCn1cc(CN2CCN(CC3CC3)C(c3cn4c(N5CCCC5)cccc4n3)C2)cn1.O=C(O)C(F)(F)F.O=C(O)C(F)(F)F. The van der Waals surface area contributed by atoms with Crippen molar-refractivity contribution in [2.45, 2.75) is 64.1 Å². The molecule has 0 bridgehead atoms. The predicted molar refractivity (Wildman–Crippen MR) is 154 cm³/mol. The van der Waals surface area contributed by atoms with Gasteiger partial charge in [-0.25, -0.2) is 14.6 Å². The molecule has 2 aliphatic heterocycles. The minimum atomic E-state index is -5.08. The number of alkyl halides is 6. The van der Waals surface area contributed by atoms with Gasteiger partial charge >= 0.3 is 24.3 Å². The number of aromatic nitrogens is 4. The van der Waals surface area contributed by atoms with Crippen LogP contribution in [0, 0.1) is 5.92 Å². The molecule has 3 aromatic heterocycles. The number of carboxylic acids is 2. The summed E-state index contributed by atoms with van der Waals surface area (Å²) in [5.74, 6) is -3.32. The van der Waals surface area contributed by atoms with Crippen molar-refractivity contribution >= 4 is 23.4 Å². The van der Waals surface area contributed by atoms with E-state index in [-0.39, 0.29) is 0 Å². The Balaban J connectivity index is 0.000000289. The van der Waals surface area contributed by atoms with E-state index < -0.39 is 24.3 Å². The molecule has 3 aromatic rings. The highest BCUT2D eigenvalue weighted by molar-refractivity contribution is 5.73. The number of pyridine rings is 1. The van der Waals surface area contributed by atoms with Gasteiger partial charge in [-0.1, -0.05) is 6.07 Å². The zero-order valence-corrected chi connectivity index (χ0v) is 25.2. The van der Waals surface area contributed by atoms with E-state index in [1.54, 1.807) is 0 Å². The van der Waals surface area contributed by atoms with Gasteiger partial charge in [0.05, 0.1) is 17.9 Å². The molecule has 3 fully saturated rings. The van der Waals surface area contributed by atoms with Gasteiger partial charge in [-0.05, 0) is 50.7 Å². The zero-order valence-electron chi connectivity index (χ0n) is 25.2. The summed E-state index contributed by atoms with van der Waals surface area (Å²) in [6.07, 6.45) is 1.76. The summed E-state index contributed by atoms with van der Waals surface area (Å²) in [4.78, 5) is 30.8. The molecule has 17 heteroatoms. The molecule has 46 heavy (non-hydrogen) atoms. The Labute approximate surface area is 261 Å². The lowest BCUT2D eigenvalue weighted by Crippen LogP contribution is -2.48. The fraction of sp³-hybridized carbons (Fsp3) is 0.586. The molecule has 6 rings (SSSR count). The number of hydrogen-bond acceptors (Lipinski definition) is 7. The first-order valence-corrected chi connectivity index (χ1v) is 15.0. The van der Waals surface area contributed by atoms with Gasteiger partial charge in [-0.3, -0.25) is 18.9 Å². The number of carboxylic acid groups (broad SMARTS) is 2. The van der Waals surface area contributed by atoms with Crippen LogP contribution >= 0.6 is 0 Å². The summed E-state index contributed by atoms with van der Waals surface area (Å²) in [5, 5.41) is 18.7. The van der Waals surface area contributed by atoms with Gasteiger partial charge in [0.1, 0.15) is 11.5 Å². The Kier molecular flexibility index (Phi) is 11.2. The van der Waals surface area contributed by atoms with Crippen molar-refractivity contribution in [3.63, 3.8) is 0 Å². The number of aliphatic carboxylic acids is 2. The summed E-state index contributed by atoms with van der Waals surface area (Å²) in [7, 11) is 0. The normalized spacial score (nSPS) is 19.4. The van der Waals surface area contributed by atoms with Gasteiger partial charge in [-0.15, -0.1) is 0 Å². The third kappa shape index (κ3) is 9.57. The molecular weight excluding hydrogens is 624 g/mol. The molecule has 0 radical (unpaired) electrons. The van der Waals surface area contributed by atoms with Gasteiger partial charge in [0, 0.05) is 70.3 Å². The van der Waals surface area contributed by atoms with Crippen LogP contribution < -0.4 is 4.90 Å². The number of halogens is 6. The van der Waals surface area contributed by atoms with Crippen molar-refractivity contribution in [1.82, 2.24) is 29.0 Å². The Morgan fingerprint density at radius 3 is 2.11 bits per heavy atom. The molecule has 1 unspecified atom stereocenters. The maximum atomic E-state index is 10.6. The smallest absolute Gasteiger partial charge is 0.475 e. The third-order valence-electron chi connectivity index (χ3n) is 7.93. The largest absolute Gasteiger partial charge is 0.490 e. The van der Waals surface area contributed by atoms with Crippen LogP contribution in [0.15, 0.2) is 36.8 Å². The maximum absolute atomic E-state index is 10.6. The second kappa shape index (κ2) is 14.7.